The minimum absolute atomic E-state index is 0.0660. The molecule has 0 saturated carbocycles. The Hall–Kier alpha value is -0.750. The fourth-order valence-electron chi connectivity index (χ4n) is 0.724. The Bertz CT molecular complexity index is 186. The van der Waals surface area contributed by atoms with E-state index in [0.717, 1.165) is 6.42 Å². The maximum absolute atomic E-state index is 11.0. The molecule has 0 aromatic heterocycles. The Kier molecular flexibility index (Phi) is 5.48. The van der Waals surface area contributed by atoms with E-state index in [4.69, 9.17) is 16.9 Å². The van der Waals surface area contributed by atoms with Crippen LogP contribution in [0.4, 0.5) is 0 Å². The molecule has 0 radical (unpaired) electrons. The van der Waals surface area contributed by atoms with E-state index in [1.807, 2.05) is 13.0 Å². The molecule has 0 bridgehead atoms. The zero-order chi connectivity index (χ0) is 9.56. The van der Waals surface area contributed by atoms with Crippen LogP contribution in [0.2, 0.25) is 0 Å². The fraction of sp³-hybridized carbons (Fsp3) is 0.750. The largest absolute Gasteiger partial charge is 0.351 e. The molecule has 0 aliphatic rings. The molecule has 1 amide bonds. The second-order valence-corrected chi connectivity index (χ2v) is 3.25. The summed E-state index contributed by atoms with van der Waals surface area (Å²) in [7, 11) is 0. The molecule has 3 nitrogen and oxygen atoms in total. The summed E-state index contributed by atoms with van der Waals surface area (Å²) in [5, 5.41) is 10.5. The van der Waals surface area contributed by atoms with Crippen LogP contribution in [-0.2, 0) is 4.79 Å². The SMILES string of the molecule is CCC(CC#N)NC(=O)C(C)Cl. The fourth-order valence-corrected chi connectivity index (χ4v) is 0.787. The number of carbonyl (C=O) groups excluding carboxylic acids is 1. The zero-order valence-corrected chi connectivity index (χ0v) is 8.06. The van der Waals surface area contributed by atoms with E-state index in [-0.39, 0.29) is 11.9 Å². The van der Waals surface area contributed by atoms with Crippen molar-refractivity contribution in [1.82, 2.24) is 5.32 Å². The second kappa shape index (κ2) is 5.84. The quantitative estimate of drug-likeness (QED) is 0.679. The molecule has 0 spiro atoms. The summed E-state index contributed by atoms with van der Waals surface area (Å²) in [5.41, 5.74) is 0. The Morgan fingerprint density at radius 3 is 2.67 bits per heavy atom. The Balaban J connectivity index is 3.87. The van der Waals surface area contributed by atoms with Gasteiger partial charge in [0.25, 0.3) is 0 Å². The standard InChI is InChI=1S/C8H13ClN2O/c1-3-7(4-5-10)11-8(12)6(2)9/h6-7H,3-4H2,1-2H3,(H,11,12). The number of carbonyl (C=O) groups is 1. The number of halogens is 1. The van der Waals surface area contributed by atoms with Crippen molar-refractivity contribution in [3.63, 3.8) is 0 Å². The minimum atomic E-state index is -0.530. The molecule has 4 heteroatoms. The summed E-state index contributed by atoms with van der Waals surface area (Å²) in [5.74, 6) is -0.209. The van der Waals surface area contributed by atoms with Crippen molar-refractivity contribution < 1.29 is 4.79 Å². The van der Waals surface area contributed by atoms with Crippen LogP contribution < -0.4 is 5.32 Å². The van der Waals surface area contributed by atoms with E-state index in [1.54, 1.807) is 6.92 Å². The van der Waals surface area contributed by atoms with Crippen LogP contribution >= 0.6 is 11.6 Å². The van der Waals surface area contributed by atoms with Gasteiger partial charge < -0.3 is 5.32 Å². The lowest BCUT2D eigenvalue weighted by Gasteiger charge is -2.14. The average Bonchev–Trinajstić information content (AvgIpc) is 2.03. The average molecular weight is 189 g/mol. The van der Waals surface area contributed by atoms with Crippen molar-refractivity contribution in [2.75, 3.05) is 0 Å². The summed E-state index contributed by atoms with van der Waals surface area (Å²) < 4.78 is 0. The van der Waals surface area contributed by atoms with E-state index in [1.165, 1.54) is 0 Å². The number of amides is 1. The maximum atomic E-state index is 11.0. The Labute approximate surface area is 77.7 Å². The van der Waals surface area contributed by atoms with Gasteiger partial charge in [-0.25, -0.2) is 0 Å². The third kappa shape index (κ3) is 4.20. The van der Waals surface area contributed by atoms with Gasteiger partial charge in [0.05, 0.1) is 12.5 Å². The molecule has 12 heavy (non-hydrogen) atoms. The molecule has 0 saturated heterocycles. The van der Waals surface area contributed by atoms with Gasteiger partial charge in [0.15, 0.2) is 0 Å². The van der Waals surface area contributed by atoms with Crippen LogP contribution in [0.5, 0.6) is 0 Å². The highest BCUT2D eigenvalue weighted by atomic mass is 35.5. The third-order valence-corrected chi connectivity index (χ3v) is 1.74. The first-order valence-electron chi connectivity index (χ1n) is 3.93. The molecule has 0 aromatic rings. The van der Waals surface area contributed by atoms with Crippen LogP contribution in [0.1, 0.15) is 26.7 Å². The maximum Gasteiger partial charge on any atom is 0.238 e. The van der Waals surface area contributed by atoms with E-state index in [2.05, 4.69) is 5.32 Å². The molecule has 2 atom stereocenters. The van der Waals surface area contributed by atoms with Gasteiger partial charge in [0.1, 0.15) is 5.38 Å². The van der Waals surface area contributed by atoms with Crippen molar-refractivity contribution in [3.8, 4) is 6.07 Å². The van der Waals surface area contributed by atoms with Crippen molar-refractivity contribution in [1.29, 1.82) is 5.26 Å². The van der Waals surface area contributed by atoms with Gasteiger partial charge in [-0.2, -0.15) is 5.26 Å². The number of alkyl halides is 1. The number of hydrogen-bond donors (Lipinski definition) is 1. The summed E-state index contributed by atoms with van der Waals surface area (Å²) in [6.45, 7) is 3.52. The molecule has 0 rings (SSSR count). The number of nitrogens with one attached hydrogen (secondary N) is 1. The van der Waals surface area contributed by atoms with Crippen molar-refractivity contribution in [2.45, 2.75) is 38.1 Å². The second-order valence-electron chi connectivity index (χ2n) is 2.59. The Morgan fingerprint density at radius 1 is 1.75 bits per heavy atom. The normalized spacial score (nSPS) is 14.5. The molecule has 0 fully saturated rings. The number of nitriles is 1. The summed E-state index contributed by atoms with van der Waals surface area (Å²) >= 11 is 5.53. The monoisotopic (exact) mass is 188 g/mol. The molecule has 0 aliphatic heterocycles. The molecular formula is C8H13ClN2O. The predicted octanol–water partition coefficient (Wildman–Crippen LogP) is 1.42. The van der Waals surface area contributed by atoms with Gasteiger partial charge in [-0.15, -0.1) is 11.6 Å². The highest BCUT2D eigenvalue weighted by Crippen LogP contribution is 1.99. The van der Waals surface area contributed by atoms with Gasteiger partial charge in [0.2, 0.25) is 5.91 Å². The molecule has 2 unspecified atom stereocenters. The summed E-state index contributed by atoms with van der Waals surface area (Å²) in [4.78, 5) is 11.0. The van der Waals surface area contributed by atoms with E-state index in [0.29, 0.717) is 6.42 Å². The first-order valence-corrected chi connectivity index (χ1v) is 4.36. The van der Waals surface area contributed by atoms with Crippen LogP contribution in [0.25, 0.3) is 0 Å². The topological polar surface area (TPSA) is 52.9 Å². The summed E-state index contributed by atoms with van der Waals surface area (Å²) in [6.07, 6.45) is 1.09. The van der Waals surface area contributed by atoms with Crippen molar-refractivity contribution in [3.05, 3.63) is 0 Å². The smallest absolute Gasteiger partial charge is 0.238 e. The van der Waals surface area contributed by atoms with E-state index >= 15 is 0 Å². The molecule has 0 aliphatic carbocycles. The van der Waals surface area contributed by atoms with Gasteiger partial charge >= 0.3 is 0 Å². The van der Waals surface area contributed by atoms with Gasteiger partial charge in [-0.1, -0.05) is 6.92 Å². The minimum Gasteiger partial charge on any atom is -0.351 e. The van der Waals surface area contributed by atoms with E-state index < -0.39 is 5.38 Å². The van der Waals surface area contributed by atoms with Crippen LogP contribution in [0.3, 0.4) is 0 Å². The van der Waals surface area contributed by atoms with E-state index in [9.17, 15) is 4.79 Å². The molecule has 0 aromatic carbocycles. The third-order valence-electron chi connectivity index (χ3n) is 1.54. The Morgan fingerprint density at radius 2 is 2.33 bits per heavy atom. The molecule has 68 valence electrons. The van der Waals surface area contributed by atoms with Crippen LogP contribution in [0, 0.1) is 11.3 Å². The zero-order valence-electron chi connectivity index (χ0n) is 7.30. The molecule has 0 heterocycles. The van der Waals surface area contributed by atoms with Gasteiger partial charge in [0, 0.05) is 6.04 Å². The lowest BCUT2D eigenvalue weighted by atomic mass is 10.1. The highest BCUT2D eigenvalue weighted by molar-refractivity contribution is 6.30. The number of rotatable bonds is 4. The predicted molar refractivity (Wildman–Crippen MR) is 47.8 cm³/mol. The summed E-state index contributed by atoms with van der Waals surface area (Å²) in [6, 6.07) is 1.94. The van der Waals surface area contributed by atoms with Crippen molar-refractivity contribution in [2.24, 2.45) is 0 Å². The number of hydrogen-bond acceptors (Lipinski definition) is 2. The van der Waals surface area contributed by atoms with Crippen molar-refractivity contribution >= 4 is 17.5 Å². The van der Waals surface area contributed by atoms with Crippen LogP contribution in [-0.4, -0.2) is 17.3 Å². The first-order chi connectivity index (χ1) is 5.61. The highest BCUT2D eigenvalue weighted by Gasteiger charge is 2.13. The van der Waals surface area contributed by atoms with Crippen LogP contribution in [0.15, 0.2) is 0 Å². The lowest BCUT2D eigenvalue weighted by Crippen LogP contribution is -2.38. The van der Waals surface area contributed by atoms with Gasteiger partial charge in [-0.3, -0.25) is 4.79 Å². The van der Waals surface area contributed by atoms with Gasteiger partial charge in [-0.05, 0) is 13.3 Å². The lowest BCUT2D eigenvalue weighted by molar-refractivity contribution is -0.121. The molecule has 1 N–H and O–H groups in total. The number of nitrogens with zero attached hydrogens (tertiary/aromatic N) is 1. The first kappa shape index (κ1) is 11.2. The molecular weight excluding hydrogens is 176 g/mol.